The lowest BCUT2D eigenvalue weighted by molar-refractivity contribution is -0.128. The Balaban J connectivity index is 1.06. The summed E-state index contributed by atoms with van der Waals surface area (Å²) in [5, 5.41) is 7.15. The Bertz CT molecular complexity index is 1060. The summed E-state index contributed by atoms with van der Waals surface area (Å²) in [4.78, 5) is 27.3. The maximum absolute atomic E-state index is 12.8. The van der Waals surface area contributed by atoms with Crippen LogP contribution < -0.4 is 10.6 Å². The number of carbonyl (C=O) groups excluding carboxylic acids is 2. The Morgan fingerprint density at radius 3 is 2.62 bits per heavy atom. The lowest BCUT2D eigenvalue weighted by Gasteiger charge is -2.58. The van der Waals surface area contributed by atoms with Crippen LogP contribution in [0.15, 0.2) is 11.6 Å². The first-order chi connectivity index (χ1) is 19.9. The predicted octanol–water partition coefficient (Wildman–Crippen LogP) is 6.10. The number of fused-ring (bicyclic) bond motifs is 7. The molecule has 2 aliphatic heterocycles. The van der Waals surface area contributed by atoms with Crippen molar-refractivity contribution in [2.75, 3.05) is 27.2 Å². The molecular formula is C36H59N3O3. The summed E-state index contributed by atoms with van der Waals surface area (Å²) in [7, 11) is 4.10. The predicted molar refractivity (Wildman–Crippen MR) is 168 cm³/mol. The van der Waals surface area contributed by atoms with E-state index >= 15 is 0 Å². The number of hydrogen-bond donors (Lipinski definition) is 2. The van der Waals surface area contributed by atoms with Gasteiger partial charge in [-0.25, -0.2) is 0 Å². The number of carbonyl (C=O) groups is 2. The summed E-state index contributed by atoms with van der Waals surface area (Å²) in [6.07, 6.45) is 16.1. The Kier molecular flexibility index (Phi) is 8.50. The minimum Gasteiger partial charge on any atom is -0.357 e. The molecule has 2 N–H and O–H groups in total. The number of allylic oxidation sites excluding steroid dienone is 1. The Hall–Kier alpha value is -1.24. The average Bonchev–Trinajstić information content (AvgIpc) is 3.38. The number of hydrogen-bond acceptors (Lipinski definition) is 5. The van der Waals surface area contributed by atoms with E-state index < -0.39 is 0 Å². The minimum atomic E-state index is -0.0855. The van der Waals surface area contributed by atoms with E-state index in [-0.39, 0.29) is 35.3 Å². The van der Waals surface area contributed by atoms with Gasteiger partial charge in [0.1, 0.15) is 11.5 Å². The molecule has 1 amide bonds. The summed E-state index contributed by atoms with van der Waals surface area (Å²) >= 11 is 0. The molecule has 236 valence electrons. The zero-order valence-corrected chi connectivity index (χ0v) is 27.5. The first kappa shape index (κ1) is 30.8. The molecule has 4 aliphatic carbocycles. The van der Waals surface area contributed by atoms with Crippen LogP contribution in [0.5, 0.6) is 0 Å². The smallest absolute Gasteiger partial charge is 0.227 e. The van der Waals surface area contributed by atoms with Crippen molar-refractivity contribution < 1.29 is 14.3 Å². The number of ether oxygens (including phenoxy) is 1. The second-order valence-electron chi connectivity index (χ2n) is 16.4. The zero-order chi connectivity index (χ0) is 29.9. The molecular weight excluding hydrogens is 522 g/mol. The van der Waals surface area contributed by atoms with Gasteiger partial charge < -0.3 is 15.0 Å². The van der Waals surface area contributed by atoms with Crippen molar-refractivity contribution >= 4 is 11.7 Å². The zero-order valence-electron chi connectivity index (χ0n) is 27.5. The fourth-order valence-electron chi connectivity index (χ4n) is 11.3. The molecule has 0 aromatic carbocycles. The molecule has 6 aliphatic rings. The van der Waals surface area contributed by atoms with Gasteiger partial charge in [0.15, 0.2) is 0 Å². The lowest BCUT2D eigenvalue weighted by Crippen LogP contribution is -2.57. The van der Waals surface area contributed by atoms with Gasteiger partial charge in [-0.15, -0.1) is 0 Å². The van der Waals surface area contributed by atoms with Gasteiger partial charge in [-0.3, -0.25) is 14.9 Å². The van der Waals surface area contributed by atoms with Crippen molar-refractivity contribution in [3.05, 3.63) is 11.6 Å². The number of nitrogens with one attached hydrogen (secondary N) is 2. The third kappa shape index (κ3) is 5.34. The molecule has 2 heterocycles. The van der Waals surface area contributed by atoms with Crippen LogP contribution in [-0.2, 0) is 14.3 Å². The van der Waals surface area contributed by atoms with Crippen molar-refractivity contribution in [2.45, 2.75) is 129 Å². The monoisotopic (exact) mass is 581 g/mol. The number of unbranched alkanes of at least 4 members (excludes halogenated alkanes) is 1. The number of amides is 1. The molecule has 6 heteroatoms. The highest BCUT2D eigenvalue weighted by Crippen LogP contribution is 2.70. The van der Waals surface area contributed by atoms with Gasteiger partial charge in [-0.1, -0.05) is 39.3 Å². The number of piperidine rings is 1. The maximum atomic E-state index is 12.8. The molecule has 1 spiro atoms. The third-order valence-corrected chi connectivity index (χ3v) is 13.6. The highest BCUT2D eigenvalue weighted by atomic mass is 16.5. The standard InChI is InChI=1S/C36H59N3O3/c1-23-12-17-36(37-22-23)24(2)33-31(42-36)21-30-28-11-10-25-19-26(13-15-34(25,3)29(28)14-16-35(30,33)4)38-32(41)20-27(40)9-7-8-18-39(5)6/h10,23-24,26,28-31,33,37H,7-9,11-22H2,1-6H3,(H,38,41)/t23-,24+,26?,28-,29+,30+,31+,33+,34+,35+,36-/m1/s1. The van der Waals surface area contributed by atoms with Crippen LogP contribution in [0.2, 0.25) is 0 Å². The Morgan fingerprint density at radius 1 is 1.07 bits per heavy atom. The number of nitrogens with zero attached hydrogens (tertiary/aromatic N) is 1. The van der Waals surface area contributed by atoms with Crippen molar-refractivity contribution in [3.8, 4) is 0 Å². The van der Waals surface area contributed by atoms with Crippen LogP contribution in [0.25, 0.3) is 0 Å². The van der Waals surface area contributed by atoms with E-state index in [4.69, 9.17) is 4.74 Å². The highest BCUT2D eigenvalue weighted by molar-refractivity contribution is 5.98. The molecule has 0 aromatic rings. The van der Waals surface area contributed by atoms with E-state index in [0.29, 0.717) is 29.8 Å². The SMILES string of the molecule is C[C@@H]1CC[C@@]2(NC1)O[C@H]1C[C@H]3[C@@H]4CC=C5CC(NC(=O)CC(=O)CCCCN(C)C)CC[C@]5(C)[C@H]4CC[C@]3(C)[C@H]1[C@@H]2C. The van der Waals surface area contributed by atoms with Crippen molar-refractivity contribution in [3.63, 3.8) is 0 Å². The van der Waals surface area contributed by atoms with Crippen LogP contribution >= 0.6 is 0 Å². The van der Waals surface area contributed by atoms with Crippen LogP contribution in [0.3, 0.4) is 0 Å². The maximum Gasteiger partial charge on any atom is 0.227 e. The van der Waals surface area contributed by atoms with Crippen molar-refractivity contribution in [1.82, 2.24) is 15.5 Å². The molecule has 1 unspecified atom stereocenters. The van der Waals surface area contributed by atoms with Crippen molar-refractivity contribution in [2.24, 2.45) is 46.3 Å². The molecule has 0 aromatic heterocycles. The van der Waals surface area contributed by atoms with E-state index in [1.54, 1.807) is 5.57 Å². The second kappa shape index (κ2) is 11.6. The molecule has 11 atom stereocenters. The number of rotatable bonds is 8. The Morgan fingerprint density at radius 2 is 1.88 bits per heavy atom. The summed E-state index contributed by atoms with van der Waals surface area (Å²) in [6, 6.07) is 0.172. The average molecular weight is 582 g/mol. The van der Waals surface area contributed by atoms with Crippen LogP contribution in [0, 0.1) is 46.3 Å². The second-order valence-corrected chi connectivity index (χ2v) is 16.4. The molecule has 0 bridgehead atoms. The summed E-state index contributed by atoms with van der Waals surface area (Å²) in [5.74, 6) is 4.26. The Labute approximate surface area is 255 Å². The summed E-state index contributed by atoms with van der Waals surface area (Å²) in [5.41, 5.74) is 2.13. The van der Waals surface area contributed by atoms with Gasteiger partial charge in [-0.2, -0.15) is 0 Å². The number of Topliss-reactive ketones (excluding diaryl/α,β-unsaturated/α-hetero) is 1. The lowest BCUT2D eigenvalue weighted by atomic mass is 9.46. The van der Waals surface area contributed by atoms with Gasteiger partial charge in [-0.05, 0) is 132 Å². The van der Waals surface area contributed by atoms with Crippen molar-refractivity contribution in [1.29, 1.82) is 0 Å². The van der Waals surface area contributed by atoms with E-state index in [1.807, 2.05) is 0 Å². The van der Waals surface area contributed by atoms with Gasteiger partial charge in [0.2, 0.25) is 5.91 Å². The summed E-state index contributed by atoms with van der Waals surface area (Å²) in [6.45, 7) is 12.1. The third-order valence-electron chi connectivity index (χ3n) is 13.6. The number of ketones is 1. The molecule has 6 rings (SSSR count). The highest BCUT2D eigenvalue weighted by Gasteiger charge is 2.68. The largest absolute Gasteiger partial charge is 0.357 e. The molecule has 5 fully saturated rings. The van der Waals surface area contributed by atoms with Crippen LogP contribution in [0.1, 0.15) is 111 Å². The van der Waals surface area contributed by atoms with Gasteiger partial charge in [0.25, 0.3) is 0 Å². The van der Waals surface area contributed by atoms with Gasteiger partial charge >= 0.3 is 0 Å². The molecule has 3 saturated carbocycles. The topological polar surface area (TPSA) is 70.7 Å². The minimum absolute atomic E-state index is 0.0401. The molecule has 0 radical (unpaired) electrons. The quantitative estimate of drug-likeness (QED) is 0.206. The summed E-state index contributed by atoms with van der Waals surface area (Å²) < 4.78 is 7.07. The molecule has 2 saturated heterocycles. The first-order valence-electron chi connectivity index (χ1n) is 17.5. The van der Waals surface area contributed by atoms with E-state index in [9.17, 15) is 9.59 Å². The first-order valence-corrected chi connectivity index (χ1v) is 17.5. The van der Waals surface area contributed by atoms with Gasteiger partial charge in [0, 0.05) is 24.9 Å². The fraction of sp³-hybridized carbons (Fsp3) is 0.889. The van der Waals surface area contributed by atoms with E-state index in [1.165, 1.54) is 38.5 Å². The molecule has 6 nitrogen and oxygen atoms in total. The normalized spacial score (nSPS) is 46.0. The van der Waals surface area contributed by atoms with Crippen LogP contribution in [0.4, 0.5) is 0 Å². The van der Waals surface area contributed by atoms with E-state index in [0.717, 1.165) is 68.9 Å². The fourth-order valence-corrected chi connectivity index (χ4v) is 11.3. The van der Waals surface area contributed by atoms with E-state index in [2.05, 4.69) is 63.4 Å². The van der Waals surface area contributed by atoms with Gasteiger partial charge in [0.05, 0.1) is 12.5 Å². The molecule has 42 heavy (non-hydrogen) atoms. The van der Waals surface area contributed by atoms with Crippen LogP contribution in [-0.4, -0.2) is 61.6 Å².